The maximum atomic E-state index is 12.0. The molecule has 1 aromatic rings. The van der Waals surface area contributed by atoms with E-state index in [1.54, 1.807) is 11.0 Å². The van der Waals surface area contributed by atoms with E-state index in [2.05, 4.69) is 20.4 Å². The van der Waals surface area contributed by atoms with Gasteiger partial charge in [-0.15, -0.1) is 0 Å². The second kappa shape index (κ2) is 9.02. The number of aromatic amines is 1. The smallest absolute Gasteiger partial charge is 0.410 e. The Hall–Kier alpha value is -2.09. The summed E-state index contributed by atoms with van der Waals surface area (Å²) in [5.41, 5.74) is 0.935. The van der Waals surface area contributed by atoms with Gasteiger partial charge in [0.05, 0.1) is 0 Å². The minimum Gasteiger partial charge on any atom is -0.444 e. The quantitative estimate of drug-likeness (QED) is 0.748. The van der Waals surface area contributed by atoms with Crippen molar-refractivity contribution in [2.75, 3.05) is 39.3 Å². The van der Waals surface area contributed by atoms with Crippen LogP contribution in [0, 0.1) is 0 Å². The maximum Gasteiger partial charge on any atom is 0.410 e. The molecule has 2 N–H and O–H groups in total. The topological polar surface area (TPSA) is 90.6 Å². The first-order valence-electron chi connectivity index (χ1n) is 9.31. The first kappa shape index (κ1) is 20.2. The highest BCUT2D eigenvalue weighted by atomic mass is 16.6. The molecule has 2 rings (SSSR count). The molecule has 0 atom stereocenters. The van der Waals surface area contributed by atoms with Gasteiger partial charge in [-0.2, -0.15) is 5.10 Å². The average Bonchev–Trinajstić information content (AvgIpc) is 3.07. The van der Waals surface area contributed by atoms with Crippen molar-refractivity contribution >= 4 is 12.0 Å². The molecule has 8 nitrogen and oxygen atoms in total. The van der Waals surface area contributed by atoms with Crippen LogP contribution in [0.3, 0.4) is 0 Å². The van der Waals surface area contributed by atoms with Gasteiger partial charge in [-0.1, -0.05) is 6.92 Å². The van der Waals surface area contributed by atoms with E-state index < -0.39 is 5.60 Å². The van der Waals surface area contributed by atoms with E-state index in [9.17, 15) is 9.59 Å². The van der Waals surface area contributed by atoms with E-state index in [0.29, 0.717) is 25.3 Å². The third-order valence-electron chi connectivity index (χ3n) is 4.21. The highest BCUT2D eigenvalue weighted by molar-refractivity contribution is 5.92. The van der Waals surface area contributed by atoms with Crippen LogP contribution in [-0.2, 0) is 11.2 Å². The molecule has 26 heavy (non-hydrogen) atoms. The zero-order valence-electron chi connectivity index (χ0n) is 16.3. The molecule has 0 aromatic carbocycles. The number of H-pyrrole nitrogens is 1. The Balaban J connectivity index is 1.61. The van der Waals surface area contributed by atoms with Gasteiger partial charge in [0.15, 0.2) is 0 Å². The lowest BCUT2D eigenvalue weighted by atomic mass is 10.2. The van der Waals surface area contributed by atoms with Crippen molar-refractivity contribution in [3.8, 4) is 0 Å². The van der Waals surface area contributed by atoms with Crippen molar-refractivity contribution in [3.05, 3.63) is 17.5 Å². The van der Waals surface area contributed by atoms with E-state index in [1.807, 2.05) is 27.7 Å². The highest BCUT2D eigenvalue weighted by Gasteiger charge is 2.25. The van der Waals surface area contributed by atoms with Crippen molar-refractivity contribution < 1.29 is 14.3 Å². The van der Waals surface area contributed by atoms with Crippen LogP contribution in [0.25, 0.3) is 0 Å². The number of aryl methyl sites for hydroxylation is 1. The van der Waals surface area contributed by atoms with Gasteiger partial charge in [-0.3, -0.25) is 14.8 Å². The van der Waals surface area contributed by atoms with Gasteiger partial charge in [0.1, 0.15) is 11.3 Å². The highest BCUT2D eigenvalue weighted by Crippen LogP contribution is 2.12. The number of nitrogens with one attached hydrogen (secondary N) is 2. The van der Waals surface area contributed by atoms with Crippen LogP contribution in [0.4, 0.5) is 4.79 Å². The Morgan fingerprint density at radius 2 is 1.96 bits per heavy atom. The van der Waals surface area contributed by atoms with Crippen LogP contribution in [0.5, 0.6) is 0 Å². The number of rotatable bonds is 6. The van der Waals surface area contributed by atoms with E-state index >= 15 is 0 Å². The first-order valence-corrected chi connectivity index (χ1v) is 9.31. The molecule has 1 aliphatic heterocycles. The molecule has 2 heterocycles. The predicted octanol–water partition coefficient (Wildman–Crippen LogP) is 1.64. The zero-order chi connectivity index (χ0) is 19.2. The van der Waals surface area contributed by atoms with Gasteiger partial charge in [0.25, 0.3) is 5.91 Å². The normalized spacial score (nSPS) is 15.8. The molecule has 2 amide bonds. The minimum absolute atomic E-state index is 0.143. The number of carbonyl (C=O) groups is 2. The number of piperazine rings is 1. The lowest BCUT2D eigenvalue weighted by Crippen LogP contribution is -2.50. The van der Waals surface area contributed by atoms with Crippen molar-refractivity contribution in [2.45, 2.75) is 46.1 Å². The van der Waals surface area contributed by atoms with E-state index in [-0.39, 0.29) is 12.0 Å². The Bertz CT molecular complexity index is 600. The third-order valence-corrected chi connectivity index (χ3v) is 4.21. The van der Waals surface area contributed by atoms with Crippen molar-refractivity contribution in [3.63, 3.8) is 0 Å². The largest absolute Gasteiger partial charge is 0.444 e. The van der Waals surface area contributed by atoms with Gasteiger partial charge in [0, 0.05) is 38.4 Å². The molecular weight excluding hydrogens is 334 g/mol. The maximum absolute atomic E-state index is 12.0. The Labute approximate surface area is 155 Å². The summed E-state index contributed by atoms with van der Waals surface area (Å²) in [6, 6.07) is 1.78. The molecular formula is C18H31N5O3. The number of carbonyl (C=O) groups excluding carboxylic acids is 2. The fourth-order valence-corrected chi connectivity index (χ4v) is 2.73. The second-order valence-corrected chi connectivity index (χ2v) is 7.55. The van der Waals surface area contributed by atoms with Crippen LogP contribution in [0.15, 0.2) is 6.07 Å². The van der Waals surface area contributed by atoms with Crippen LogP contribution >= 0.6 is 0 Å². The summed E-state index contributed by atoms with van der Waals surface area (Å²) in [4.78, 5) is 28.1. The summed E-state index contributed by atoms with van der Waals surface area (Å²) in [6.45, 7) is 12.1. The number of nitrogens with zero attached hydrogens (tertiary/aromatic N) is 3. The molecule has 1 fully saturated rings. The molecule has 0 bridgehead atoms. The van der Waals surface area contributed by atoms with Crippen molar-refractivity contribution in [2.24, 2.45) is 0 Å². The summed E-state index contributed by atoms with van der Waals surface area (Å²) in [5.74, 6) is -0.143. The number of aromatic nitrogens is 2. The average molecular weight is 365 g/mol. The van der Waals surface area contributed by atoms with Crippen LogP contribution in [-0.4, -0.2) is 76.9 Å². The summed E-state index contributed by atoms with van der Waals surface area (Å²) >= 11 is 0. The lowest BCUT2D eigenvalue weighted by Gasteiger charge is -2.35. The molecule has 0 saturated carbocycles. The van der Waals surface area contributed by atoms with E-state index in [4.69, 9.17) is 4.74 Å². The van der Waals surface area contributed by atoms with Gasteiger partial charge >= 0.3 is 6.09 Å². The summed E-state index contributed by atoms with van der Waals surface area (Å²) in [7, 11) is 0. The van der Waals surface area contributed by atoms with Gasteiger partial charge < -0.3 is 15.0 Å². The summed E-state index contributed by atoms with van der Waals surface area (Å²) < 4.78 is 5.40. The molecule has 0 unspecified atom stereocenters. The van der Waals surface area contributed by atoms with Gasteiger partial charge in [0.2, 0.25) is 0 Å². The standard InChI is InChI=1S/C18H31N5O3/c1-5-14-13-15(21-20-14)16(24)19-7-6-8-22-9-11-23(12-10-22)17(25)26-18(2,3)4/h13H,5-12H2,1-4H3,(H,19,24)(H,20,21). The Morgan fingerprint density at radius 1 is 1.27 bits per heavy atom. The Kier molecular flexibility index (Phi) is 7.02. The number of amides is 2. The number of hydrogen-bond donors (Lipinski definition) is 2. The van der Waals surface area contributed by atoms with Crippen molar-refractivity contribution in [1.82, 2.24) is 25.3 Å². The van der Waals surface area contributed by atoms with Crippen LogP contribution < -0.4 is 5.32 Å². The summed E-state index contributed by atoms with van der Waals surface area (Å²) in [6.07, 6.45) is 1.45. The molecule has 0 radical (unpaired) electrons. The van der Waals surface area contributed by atoms with Gasteiger partial charge in [-0.05, 0) is 46.2 Å². The van der Waals surface area contributed by atoms with Crippen LogP contribution in [0.1, 0.15) is 50.3 Å². The number of hydrogen-bond acceptors (Lipinski definition) is 5. The molecule has 1 aliphatic rings. The third kappa shape index (κ3) is 6.33. The van der Waals surface area contributed by atoms with Gasteiger partial charge in [-0.25, -0.2) is 4.79 Å². The first-order chi connectivity index (χ1) is 12.3. The second-order valence-electron chi connectivity index (χ2n) is 7.55. The monoisotopic (exact) mass is 365 g/mol. The molecule has 0 spiro atoms. The lowest BCUT2D eigenvalue weighted by molar-refractivity contribution is 0.0144. The molecule has 8 heteroatoms. The zero-order valence-corrected chi connectivity index (χ0v) is 16.3. The molecule has 1 saturated heterocycles. The Morgan fingerprint density at radius 3 is 2.54 bits per heavy atom. The van der Waals surface area contributed by atoms with Crippen LogP contribution in [0.2, 0.25) is 0 Å². The van der Waals surface area contributed by atoms with Crippen molar-refractivity contribution in [1.29, 1.82) is 0 Å². The molecule has 0 aliphatic carbocycles. The fraction of sp³-hybridized carbons (Fsp3) is 0.722. The minimum atomic E-state index is -0.460. The number of ether oxygens (including phenoxy) is 1. The predicted molar refractivity (Wildman–Crippen MR) is 99.2 cm³/mol. The van der Waals surface area contributed by atoms with E-state index in [1.165, 1.54) is 0 Å². The SMILES string of the molecule is CCc1cc(C(=O)NCCCN2CCN(C(=O)OC(C)(C)C)CC2)n[nH]1. The molecule has 1 aromatic heterocycles. The molecule has 146 valence electrons. The summed E-state index contributed by atoms with van der Waals surface area (Å²) in [5, 5.41) is 9.75. The van der Waals surface area contributed by atoms with E-state index in [0.717, 1.165) is 38.2 Å². The fourth-order valence-electron chi connectivity index (χ4n) is 2.73.